The van der Waals surface area contributed by atoms with E-state index in [9.17, 15) is 8.78 Å². The monoisotopic (exact) mass is 209 g/mol. The molecule has 0 atom stereocenters. The molecule has 0 amide bonds. The molecule has 0 spiro atoms. The number of phenols is 1. The average molecular weight is 209 g/mol. The molecule has 0 aliphatic carbocycles. The van der Waals surface area contributed by atoms with Crippen molar-refractivity contribution in [1.29, 1.82) is 0 Å². The lowest BCUT2D eigenvalue weighted by atomic mass is 10.2. The van der Waals surface area contributed by atoms with Gasteiger partial charge in [-0.25, -0.2) is 4.39 Å². The second-order valence-electron chi connectivity index (χ2n) is 2.45. The molecular weight excluding hydrogens is 204 g/mol. The van der Waals surface area contributed by atoms with E-state index in [0.717, 1.165) is 12.1 Å². The molecule has 1 aromatic carbocycles. The van der Waals surface area contributed by atoms with Gasteiger partial charge in [0.1, 0.15) is 0 Å². The number of benzene rings is 1. The van der Waals surface area contributed by atoms with Gasteiger partial charge in [-0.2, -0.15) is 4.39 Å². The molecule has 0 aliphatic rings. The Kier molecular flexibility index (Phi) is 3.49. The predicted molar refractivity (Wildman–Crippen MR) is 48.9 cm³/mol. The zero-order valence-corrected chi connectivity index (χ0v) is 7.41. The van der Waals surface area contributed by atoms with Crippen LogP contribution in [0.25, 0.3) is 10.4 Å². The van der Waals surface area contributed by atoms with Crippen LogP contribution in [-0.2, 0) is 0 Å². The van der Waals surface area contributed by atoms with Gasteiger partial charge in [0.05, 0.1) is 12.1 Å². The molecule has 0 bridgehead atoms. The fourth-order valence-corrected chi connectivity index (χ4v) is 0.838. The third-order valence-corrected chi connectivity index (χ3v) is 1.50. The number of hydrogen-bond acceptors (Lipinski definition) is 2. The Hall–Kier alpha value is -2.25. The minimum atomic E-state index is -1.34. The second kappa shape index (κ2) is 4.84. The van der Waals surface area contributed by atoms with Gasteiger partial charge < -0.3 is 5.11 Å². The third kappa shape index (κ3) is 2.59. The van der Waals surface area contributed by atoms with Gasteiger partial charge in [-0.3, -0.25) is 0 Å². The summed E-state index contributed by atoms with van der Waals surface area (Å²) in [6.45, 7) is -0.127. The predicted octanol–water partition coefficient (Wildman–Crippen LogP) is 2.33. The van der Waals surface area contributed by atoms with Gasteiger partial charge in [0.25, 0.3) is 0 Å². The summed E-state index contributed by atoms with van der Waals surface area (Å²) in [5.74, 6) is 1.27. The second-order valence-corrected chi connectivity index (χ2v) is 2.45. The molecule has 0 aliphatic heterocycles. The number of azide groups is 1. The lowest BCUT2D eigenvalue weighted by Crippen LogP contribution is -1.90. The van der Waals surface area contributed by atoms with Crippen molar-refractivity contribution in [2.24, 2.45) is 5.11 Å². The van der Waals surface area contributed by atoms with Crippen molar-refractivity contribution in [1.82, 2.24) is 0 Å². The highest BCUT2D eigenvalue weighted by molar-refractivity contribution is 5.40. The Labute approximate surface area is 83.8 Å². The third-order valence-electron chi connectivity index (χ3n) is 1.50. The Morgan fingerprint density at radius 1 is 1.40 bits per heavy atom. The van der Waals surface area contributed by atoms with E-state index in [0.29, 0.717) is 0 Å². The zero-order valence-electron chi connectivity index (χ0n) is 7.41. The molecule has 4 nitrogen and oxygen atoms in total. The maximum absolute atomic E-state index is 13.0. The minimum absolute atomic E-state index is 0.127. The molecule has 1 N–H and O–H groups in total. The van der Waals surface area contributed by atoms with Crippen molar-refractivity contribution in [2.75, 3.05) is 6.54 Å². The van der Waals surface area contributed by atoms with E-state index in [1.807, 2.05) is 0 Å². The summed E-state index contributed by atoms with van der Waals surface area (Å²) in [5.41, 5.74) is 7.73. The Balaban J connectivity index is 2.99. The number of phenolic OH excluding ortho intramolecular Hbond substituents is 1. The van der Waals surface area contributed by atoms with E-state index in [1.165, 1.54) is 0 Å². The quantitative estimate of drug-likeness (QED) is 0.328. The average Bonchev–Trinajstić information content (AvgIpc) is 2.24. The van der Waals surface area contributed by atoms with Crippen LogP contribution in [0.3, 0.4) is 0 Å². The number of halogens is 2. The highest BCUT2D eigenvalue weighted by Crippen LogP contribution is 2.20. The largest absolute Gasteiger partial charge is 0.505 e. The lowest BCUT2D eigenvalue weighted by molar-refractivity contribution is 0.406. The normalized spacial score (nSPS) is 8.67. The number of aromatic hydroxyl groups is 1. The summed E-state index contributed by atoms with van der Waals surface area (Å²) in [6, 6.07) is 2.13. The van der Waals surface area contributed by atoms with Gasteiger partial charge in [-0.1, -0.05) is 17.0 Å². The van der Waals surface area contributed by atoms with Crippen molar-refractivity contribution < 1.29 is 13.9 Å². The van der Waals surface area contributed by atoms with Crippen LogP contribution in [0.15, 0.2) is 17.2 Å². The molecule has 0 radical (unpaired) electrons. The molecule has 15 heavy (non-hydrogen) atoms. The van der Waals surface area contributed by atoms with E-state index in [2.05, 4.69) is 21.9 Å². The maximum Gasteiger partial charge on any atom is 0.201 e. The fraction of sp³-hybridized carbons (Fsp3) is 0.111. The topological polar surface area (TPSA) is 69.0 Å². The van der Waals surface area contributed by atoms with Gasteiger partial charge >= 0.3 is 0 Å². The standard InChI is InChI=1S/C9H5F2N3O/c10-8-6(2-1-5-13-14-12)3-4-7(15)9(8)11/h3-4,15H,5H2. The molecule has 76 valence electrons. The Morgan fingerprint density at radius 3 is 2.80 bits per heavy atom. The molecule has 0 saturated heterocycles. The van der Waals surface area contributed by atoms with Crippen LogP contribution >= 0.6 is 0 Å². The first-order valence-electron chi connectivity index (χ1n) is 3.83. The first-order valence-corrected chi connectivity index (χ1v) is 3.83. The van der Waals surface area contributed by atoms with Gasteiger partial charge in [-0.05, 0) is 17.7 Å². The van der Waals surface area contributed by atoms with Gasteiger partial charge in [0.2, 0.25) is 5.82 Å². The minimum Gasteiger partial charge on any atom is -0.505 e. The molecule has 0 fully saturated rings. The summed E-state index contributed by atoms with van der Waals surface area (Å²) in [4.78, 5) is 2.44. The number of rotatable bonds is 1. The summed E-state index contributed by atoms with van der Waals surface area (Å²) >= 11 is 0. The van der Waals surface area contributed by atoms with Crippen LogP contribution in [0.5, 0.6) is 5.75 Å². The maximum atomic E-state index is 13.0. The van der Waals surface area contributed by atoms with Gasteiger partial charge in [-0.15, -0.1) is 0 Å². The molecule has 1 rings (SSSR count). The molecule has 0 aromatic heterocycles. The summed E-state index contributed by atoms with van der Waals surface area (Å²) in [7, 11) is 0. The van der Waals surface area contributed by atoms with Crippen LogP contribution in [0.2, 0.25) is 0 Å². The number of nitrogens with zero attached hydrogens (tertiary/aromatic N) is 3. The van der Waals surface area contributed by atoms with E-state index < -0.39 is 17.4 Å². The van der Waals surface area contributed by atoms with Crippen molar-refractivity contribution in [3.8, 4) is 17.6 Å². The molecule has 0 unspecified atom stereocenters. The zero-order chi connectivity index (χ0) is 11.3. The Bertz CT molecular complexity index is 484. The van der Waals surface area contributed by atoms with Crippen LogP contribution in [0.4, 0.5) is 8.78 Å². The smallest absolute Gasteiger partial charge is 0.201 e. The van der Waals surface area contributed by atoms with Crippen molar-refractivity contribution in [3.63, 3.8) is 0 Å². The molecule has 0 heterocycles. The molecule has 0 saturated carbocycles. The highest BCUT2D eigenvalue weighted by atomic mass is 19.2. The van der Waals surface area contributed by atoms with Crippen LogP contribution < -0.4 is 0 Å². The van der Waals surface area contributed by atoms with E-state index >= 15 is 0 Å². The van der Waals surface area contributed by atoms with E-state index in [4.69, 9.17) is 10.6 Å². The first-order chi connectivity index (χ1) is 7.16. The lowest BCUT2D eigenvalue weighted by Gasteiger charge is -1.97. The molecule has 1 aromatic rings. The van der Waals surface area contributed by atoms with Crippen LogP contribution in [0, 0.1) is 23.5 Å². The summed E-state index contributed by atoms with van der Waals surface area (Å²) < 4.78 is 25.8. The SMILES string of the molecule is [N-]=[N+]=NCC#Cc1ccc(O)c(F)c1F. The first kappa shape index (κ1) is 10.8. The highest BCUT2D eigenvalue weighted by Gasteiger charge is 2.10. The Morgan fingerprint density at radius 2 is 2.13 bits per heavy atom. The van der Waals surface area contributed by atoms with Gasteiger partial charge in [0.15, 0.2) is 11.6 Å². The summed E-state index contributed by atoms with van der Waals surface area (Å²) in [5, 5.41) is 11.9. The van der Waals surface area contributed by atoms with Crippen LogP contribution in [0.1, 0.15) is 5.56 Å². The van der Waals surface area contributed by atoms with E-state index in [-0.39, 0.29) is 12.1 Å². The van der Waals surface area contributed by atoms with Crippen molar-refractivity contribution in [3.05, 3.63) is 39.8 Å². The molecule has 6 heteroatoms. The number of hydrogen-bond donors (Lipinski definition) is 1. The molecular formula is C9H5F2N3O. The fourth-order valence-electron chi connectivity index (χ4n) is 0.838. The van der Waals surface area contributed by atoms with E-state index in [1.54, 1.807) is 0 Å². The van der Waals surface area contributed by atoms with Crippen molar-refractivity contribution >= 4 is 0 Å². The summed E-state index contributed by atoms with van der Waals surface area (Å²) in [6.07, 6.45) is 0. The van der Waals surface area contributed by atoms with Gasteiger partial charge in [0, 0.05) is 4.91 Å². The van der Waals surface area contributed by atoms with Crippen molar-refractivity contribution in [2.45, 2.75) is 0 Å². The van der Waals surface area contributed by atoms with Crippen LogP contribution in [-0.4, -0.2) is 11.7 Å².